The van der Waals surface area contributed by atoms with E-state index in [1.54, 1.807) is 0 Å². The normalized spacial score (nSPS) is 25.7. The molecule has 1 saturated carbocycles. The highest BCUT2D eigenvalue weighted by atomic mass is 14.9. The molecule has 1 aromatic rings. The molecule has 0 radical (unpaired) electrons. The highest BCUT2D eigenvalue weighted by molar-refractivity contribution is 5.26. The van der Waals surface area contributed by atoms with Crippen molar-refractivity contribution in [3.63, 3.8) is 0 Å². The van der Waals surface area contributed by atoms with Crippen molar-refractivity contribution in [2.75, 3.05) is 6.54 Å². The summed E-state index contributed by atoms with van der Waals surface area (Å²) >= 11 is 0. The van der Waals surface area contributed by atoms with Crippen LogP contribution in [0.25, 0.3) is 0 Å². The van der Waals surface area contributed by atoms with Gasteiger partial charge in [-0.05, 0) is 42.7 Å². The lowest BCUT2D eigenvalue weighted by atomic mass is 9.92. The van der Waals surface area contributed by atoms with E-state index in [-0.39, 0.29) is 0 Å². The van der Waals surface area contributed by atoms with Gasteiger partial charge in [0.15, 0.2) is 0 Å². The Balaban J connectivity index is 1.97. The van der Waals surface area contributed by atoms with Crippen LogP contribution in [0.2, 0.25) is 0 Å². The first-order chi connectivity index (χ1) is 8.77. The van der Waals surface area contributed by atoms with E-state index in [1.807, 2.05) is 0 Å². The minimum atomic E-state index is 0.708. The average molecular weight is 245 g/mol. The molecule has 100 valence electrons. The van der Waals surface area contributed by atoms with E-state index >= 15 is 0 Å². The smallest absolute Gasteiger partial charge is 0.0127 e. The van der Waals surface area contributed by atoms with Gasteiger partial charge in [0.1, 0.15) is 0 Å². The van der Waals surface area contributed by atoms with Crippen LogP contribution in [0.4, 0.5) is 0 Å². The van der Waals surface area contributed by atoms with Crippen molar-refractivity contribution in [1.82, 2.24) is 5.32 Å². The molecule has 0 bridgehead atoms. The van der Waals surface area contributed by atoms with Crippen LogP contribution >= 0.6 is 0 Å². The van der Waals surface area contributed by atoms with Gasteiger partial charge < -0.3 is 5.32 Å². The van der Waals surface area contributed by atoms with E-state index in [0.29, 0.717) is 6.04 Å². The Hall–Kier alpha value is -0.820. The molecular formula is C17H27N. The van der Waals surface area contributed by atoms with Crippen molar-refractivity contribution in [2.45, 2.75) is 52.0 Å². The van der Waals surface area contributed by atoms with Gasteiger partial charge in [-0.15, -0.1) is 0 Å². The molecule has 1 N–H and O–H groups in total. The molecule has 0 aliphatic heterocycles. The zero-order valence-corrected chi connectivity index (χ0v) is 12.0. The predicted molar refractivity (Wildman–Crippen MR) is 78.8 cm³/mol. The summed E-state index contributed by atoms with van der Waals surface area (Å²) in [7, 11) is 0. The Morgan fingerprint density at radius 3 is 2.56 bits per heavy atom. The summed E-state index contributed by atoms with van der Waals surface area (Å²) in [5, 5.41) is 3.78. The minimum Gasteiger partial charge on any atom is -0.313 e. The van der Waals surface area contributed by atoms with Crippen LogP contribution in [0.1, 0.15) is 51.5 Å². The molecule has 1 aliphatic carbocycles. The largest absolute Gasteiger partial charge is 0.313 e. The quantitative estimate of drug-likeness (QED) is 0.759. The summed E-state index contributed by atoms with van der Waals surface area (Å²) < 4.78 is 0. The van der Waals surface area contributed by atoms with Crippen LogP contribution in [-0.2, 0) is 0 Å². The van der Waals surface area contributed by atoms with E-state index in [9.17, 15) is 0 Å². The predicted octanol–water partition coefficient (Wildman–Crippen LogP) is 4.20. The van der Waals surface area contributed by atoms with E-state index in [4.69, 9.17) is 0 Å². The molecule has 0 aromatic heterocycles. The lowest BCUT2D eigenvalue weighted by Crippen LogP contribution is -2.37. The minimum absolute atomic E-state index is 0.708. The molecule has 0 heterocycles. The lowest BCUT2D eigenvalue weighted by Gasteiger charge is -2.25. The molecule has 1 heteroatoms. The van der Waals surface area contributed by atoms with Crippen LogP contribution in [0.5, 0.6) is 0 Å². The number of hydrogen-bond acceptors (Lipinski definition) is 1. The van der Waals surface area contributed by atoms with Crippen LogP contribution in [-0.4, -0.2) is 12.6 Å². The third-order valence-electron chi connectivity index (χ3n) is 4.42. The van der Waals surface area contributed by atoms with Crippen molar-refractivity contribution in [2.24, 2.45) is 11.8 Å². The highest BCUT2D eigenvalue weighted by Gasteiger charge is 2.44. The van der Waals surface area contributed by atoms with Crippen LogP contribution in [0.3, 0.4) is 0 Å². The van der Waals surface area contributed by atoms with E-state index in [0.717, 1.165) is 24.3 Å². The maximum Gasteiger partial charge on any atom is 0.0127 e. The Morgan fingerprint density at radius 2 is 1.94 bits per heavy atom. The van der Waals surface area contributed by atoms with E-state index < -0.39 is 0 Å². The summed E-state index contributed by atoms with van der Waals surface area (Å²) in [4.78, 5) is 0. The maximum atomic E-state index is 3.78. The van der Waals surface area contributed by atoms with E-state index in [1.165, 1.54) is 24.8 Å². The van der Waals surface area contributed by atoms with Gasteiger partial charge in [0.05, 0.1) is 0 Å². The molecule has 1 nitrogen and oxygen atoms in total. The van der Waals surface area contributed by atoms with Gasteiger partial charge in [0.2, 0.25) is 0 Å². The van der Waals surface area contributed by atoms with E-state index in [2.05, 4.69) is 56.4 Å². The fourth-order valence-corrected chi connectivity index (χ4v) is 3.03. The van der Waals surface area contributed by atoms with Crippen molar-refractivity contribution in [3.8, 4) is 0 Å². The molecule has 2 rings (SSSR count). The second-order valence-corrected chi connectivity index (χ2v) is 5.78. The topological polar surface area (TPSA) is 12.0 Å². The van der Waals surface area contributed by atoms with Gasteiger partial charge in [-0.2, -0.15) is 0 Å². The molecule has 1 aromatic carbocycles. The van der Waals surface area contributed by atoms with Crippen LogP contribution in [0.15, 0.2) is 30.3 Å². The summed E-state index contributed by atoms with van der Waals surface area (Å²) in [6, 6.07) is 11.7. The summed E-state index contributed by atoms with van der Waals surface area (Å²) in [5.74, 6) is 2.44. The first-order valence-corrected chi connectivity index (χ1v) is 7.56. The number of benzene rings is 1. The zero-order chi connectivity index (χ0) is 13.0. The van der Waals surface area contributed by atoms with Gasteiger partial charge in [-0.3, -0.25) is 0 Å². The number of rotatable bonds is 7. The Labute approximate surface area is 112 Å². The Bertz CT molecular complexity index is 346. The first-order valence-electron chi connectivity index (χ1n) is 7.56. The Morgan fingerprint density at radius 1 is 1.22 bits per heavy atom. The molecule has 0 spiro atoms. The SMILES string of the molecule is CCCNC(C(C)CC)C1CC1c1ccccc1. The zero-order valence-electron chi connectivity index (χ0n) is 12.0. The molecule has 1 fully saturated rings. The number of nitrogens with one attached hydrogen (secondary N) is 1. The van der Waals surface area contributed by atoms with Crippen LogP contribution in [0, 0.1) is 11.8 Å². The van der Waals surface area contributed by atoms with Gasteiger partial charge in [0.25, 0.3) is 0 Å². The lowest BCUT2D eigenvalue weighted by molar-refractivity contribution is 0.329. The Kier molecular flexibility index (Phi) is 4.82. The molecule has 0 amide bonds. The highest BCUT2D eigenvalue weighted by Crippen LogP contribution is 2.51. The molecule has 1 aliphatic rings. The van der Waals surface area contributed by atoms with Crippen molar-refractivity contribution < 1.29 is 0 Å². The molecule has 0 saturated heterocycles. The van der Waals surface area contributed by atoms with Crippen LogP contribution < -0.4 is 5.32 Å². The van der Waals surface area contributed by atoms with Crippen molar-refractivity contribution in [1.29, 1.82) is 0 Å². The third-order valence-corrected chi connectivity index (χ3v) is 4.42. The monoisotopic (exact) mass is 245 g/mol. The molecular weight excluding hydrogens is 218 g/mol. The third kappa shape index (κ3) is 3.14. The molecule has 4 unspecified atom stereocenters. The summed E-state index contributed by atoms with van der Waals surface area (Å²) in [5.41, 5.74) is 1.54. The average Bonchev–Trinajstić information content (AvgIpc) is 3.20. The van der Waals surface area contributed by atoms with Gasteiger partial charge >= 0.3 is 0 Å². The maximum absolute atomic E-state index is 3.78. The standard InChI is InChI=1S/C17H27N/c1-4-11-18-17(13(3)5-2)16-12-15(16)14-9-7-6-8-10-14/h6-10,13,15-18H,4-5,11-12H2,1-3H3. The van der Waals surface area contributed by atoms with Gasteiger partial charge in [-0.25, -0.2) is 0 Å². The van der Waals surface area contributed by atoms with Gasteiger partial charge in [-0.1, -0.05) is 57.5 Å². The molecule has 18 heavy (non-hydrogen) atoms. The summed E-state index contributed by atoms with van der Waals surface area (Å²) in [6.45, 7) is 8.12. The fraction of sp³-hybridized carbons (Fsp3) is 0.647. The fourth-order valence-electron chi connectivity index (χ4n) is 3.03. The first kappa shape index (κ1) is 13.6. The second kappa shape index (κ2) is 6.38. The van der Waals surface area contributed by atoms with Crippen molar-refractivity contribution in [3.05, 3.63) is 35.9 Å². The summed E-state index contributed by atoms with van der Waals surface area (Å²) in [6.07, 6.45) is 3.88. The second-order valence-electron chi connectivity index (χ2n) is 5.78. The van der Waals surface area contributed by atoms with Crippen molar-refractivity contribution >= 4 is 0 Å². The number of hydrogen-bond donors (Lipinski definition) is 1. The van der Waals surface area contributed by atoms with Gasteiger partial charge in [0, 0.05) is 6.04 Å². The molecule has 4 atom stereocenters.